The molecule has 0 aliphatic rings. The van der Waals surface area contributed by atoms with E-state index in [0.29, 0.717) is 18.3 Å². The third-order valence-corrected chi connectivity index (χ3v) is 2.83. The van der Waals surface area contributed by atoms with Crippen molar-refractivity contribution in [2.45, 2.75) is 26.4 Å². The van der Waals surface area contributed by atoms with Crippen molar-refractivity contribution in [3.05, 3.63) is 11.7 Å². The molecule has 0 amide bonds. The molecule has 0 bridgehead atoms. The fourth-order valence-electron chi connectivity index (χ4n) is 1.19. The summed E-state index contributed by atoms with van der Waals surface area (Å²) < 4.78 is 26.8. The first-order valence-corrected chi connectivity index (χ1v) is 6.63. The summed E-state index contributed by atoms with van der Waals surface area (Å²) in [6, 6.07) is -0.132. The van der Waals surface area contributed by atoms with Crippen molar-refractivity contribution in [3.63, 3.8) is 0 Å². The van der Waals surface area contributed by atoms with Crippen molar-refractivity contribution >= 4 is 9.84 Å². The number of hydrogen-bond acceptors (Lipinski definition) is 6. The van der Waals surface area contributed by atoms with Crippen LogP contribution in [0.3, 0.4) is 0 Å². The van der Waals surface area contributed by atoms with Gasteiger partial charge in [0, 0.05) is 12.3 Å². The van der Waals surface area contributed by atoms with Gasteiger partial charge in [-0.3, -0.25) is 0 Å². The Balaban J connectivity index is 2.37. The van der Waals surface area contributed by atoms with Crippen molar-refractivity contribution in [1.82, 2.24) is 15.5 Å². The molecule has 0 aliphatic carbocycles. The number of nitrogens with one attached hydrogen (secondary N) is 1. The second kappa shape index (κ2) is 4.71. The van der Waals surface area contributed by atoms with Crippen molar-refractivity contribution in [2.24, 2.45) is 0 Å². The highest BCUT2D eigenvalue weighted by Gasteiger charge is 2.11. The number of aryl methyl sites for hydroxylation is 1. The molecular weight excluding hydrogens is 218 g/mol. The van der Waals surface area contributed by atoms with Crippen LogP contribution in [0.2, 0.25) is 0 Å². The summed E-state index contributed by atoms with van der Waals surface area (Å²) in [5.41, 5.74) is 0. The third kappa shape index (κ3) is 4.89. The topological polar surface area (TPSA) is 85.1 Å². The van der Waals surface area contributed by atoms with Crippen molar-refractivity contribution in [1.29, 1.82) is 0 Å². The van der Waals surface area contributed by atoms with Gasteiger partial charge in [0.1, 0.15) is 9.84 Å². The summed E-state index contributed by atoms with van der Waals surface area (Å²) in [6.45, 7) is 3.91. The van der Waals surface area contributed by atoms with Gasteiger partial charge < -0.3 is 9.84 Å². The van der Waals surface area contributed by atoms with E-state index in [4.69, 9.17) is 4.52 Å². The van der Waals surface area contributed by atoms with Crippen LogP contribution < -0.4 is 5.32 Å². The lowest BCUT2D eigenvalue weighted by Gasteiger charge is -2.09. The standard InChI is InChI=1S/C8H15N3O3S/c1-6(5-15(3,12)13)9-4-8-10-7(2)11-14-8/h6,9H,4-5H2,1-3H3. The second-order valence-corrected chi connectivity index (χ2v) is 5.79. The first-order valence-electron chi connectivity index (χ1n) is 4.57. The predicted octanol–water partition coefficient (Wildman–Crippen LogP) is -0.0993. The minimum absolute atomic E-state index is 0.0973. The molecule has 15 heavy (non-hydrogen) atoms. The second-order valence-electron chi connectivity index (χ2n) is 3.61. The fourth-order valence-corrected chi connectivity index (χ4v) is 2.21. The molecule has 1 aromatic rings. The van der Waals surface area contributed by atoms with Gasteiger partial charge in [0.2, 0.25) is 5.89 Å². The van der Waals surface area contributed by atoms with Crippen LogP contribution in [0.25, 0.3) is 0 Å². The molecule has 0 saturated carbocycles. The van der Waals surface area contributed by atoms with E-state index in [1.165, 1.54) is 6.26 Å². The number of rotatable bonds is 5. The molecule has 1 unspecified atom stereocenters. The largest absolute Gasteiger partial charge is 0.338 e. The zero-order valence-electron chi connectivity index (χ0n) is 9.02. The monoisotopic (exact) mass is 233 g/mol. The van der Waals surface area contributed by atoms with Gasteiger partial charge in [0.25, 0.3) is 0 Å². The Morgan fingerprint density at radius 1 is 1.53 bits per heavy atom. The maximum Gasteiger partial charge on any atom is 0.240 e. The zero-order valence-corrected chi connectivity index (χ0v) is 9.84. The Hall–Kier alpha value is -0.950. The van der Waals surface area contributed by atoms with Crippen molar-refractivity contribution < 1.29 is 12.9 Å². The van der Waals surface area contributed by atoms with E-state index < -0.39 is 9.84 Å². The van der Waals surface area contributed by atoms with E-state index in [1.54, 1.807) is 13.8 Å². The van der Waals surface area contributed by atoms with Crippen LogP contribution in [0.1, 0.15) is 18.6 Å². The highest BCUT2D eigenvalue weighted by atomic mass is 32.2. The molecule has 0 radical (unpaired) electrons. The summed E-state index contributed by atoms with van der Waals surface area (Å²) >= 11 is 0. The maximum absolute atomic E-state index is 11.0. The molecule has 1 aromatic heterocycles. The van der Waals surface area contributed by atoms with E-state index in [0.717, 1.165) is 0 Å². The smallest absolute Gasteiger partial charge is 0.240 e. The quantitative estimate of drug-likeness (QED) is 0.764. The van der Waals surface area contributed by atoms with Crippen LogP contribution in [-0.2, 0) is 16.4 Å². The molecule has 0 aliphatic heterocycles. The van der Waals surface area contributed by atoms with Crippen LogP contribution in [0.4, 0.5) is 0 Å². The summed E-state index contributed by atoms with van der Waals surface area (Å²) in [4.78, 5) is 3.99. The third-order valence-electron chi connectivity index (χ3n) is 1.72. The summed E-state index contributed by atoms with van der Waals surface area (Å²) in [5, 5.41) is 6.62. The lowest BCUT2D eigenvalue weighted by atomic mass is 10.4. The van der Waals surface area contributed by atoms with E-state index in [1.807, 2.05) is 0 Å². The Bertz CT molecular complexity index is 413. The molecule has 1 rings (SSSR count). The van der Waals surface area contributed by atoms with Crippen LogP contribution in [-0.4, -0.2) is 36.6 Å². The van der Waals surface area contributed by atoms with Gasteiger partial charge in [-0.15, -0.1) is 0 Å². The molecule has 0 saturated heterocycles. The van der Waals surface area contributed by atoms with Gasteiger partial charge in [-0.05, 0) is 13.8 Å². The first-order chi connectivity index (χ1) is 6.87. The number of hydrogen-bond donors (Lipinski definition) is 1. The Morgan fingerprint density at radius 3 is 2.67 bits per heavy atom. The first kappa shape index (κ1) is 12.1. The van der Waals surface area contributed by atoms with E-state index in [-0.39, 0.29) is 11.8 Å². The van der Waals surface area contributed by atoms with Gasteiger partial charge in [-0.2, -0.15) is 4.98 Å². The molecule has 0 aromatic carbocycles. The summed E-state index contributed by atoms with van der Waals surface area (Å²) in [7, 11) is -2.95. The summed E-state index contributed by atoms with van der Waals surface area (Å²) in [5.74, 6) is 1.13. The van der Waals surface area contributed by atoms with Gasteiger partial charge in [0.15, 0.2) is 5.82 Å². The highest BCUT2D eigenvalue weighted by molar-refractivity contribution is 7.90. The molecule has 7 heteroatoms. The van der Waals surface area contributed by atoms with Gasteiger partial charge >= 0.3 is 0 Å². The molecule has 0 spiro atoms. The molecule has 86 valence electrons. The highest BCUT2D eigenvalue weighted by Crippen LogP contribution is 1.97. The molecule has 0 fully saturated rings. The molecule has 1 atom stereocenters. The molecular formula is C8H15N3O3S. The molecule has 1 heterocycles. The minimum atomic E-state index is -2.95. The van der Waals surface area contributed by atoms with E-state index in [2.05, 4.69) is 15.5 Å². The SMILES string of the molecule is Cc1noc(CNC(C)CS(C)(=O)=O)n1. The maximum atomic E-state index is 11.0. The zero-order chi connectivity index (χ0) is 11.5. The van der Waals surface area contributed by atoms with Gasteiger partial charge in [0.05, 0.1) is 12.3 Å². The Labute approximate surface area is 89.0 Å². The average molecular weight is 233 g/mol. The average Bonchev–Trinajstić information content (AvgIpc) is 2.45. The van der Waals surface area contributed by atoms with Crippen LogP contribution in [0.5, 0.6) is 0 Å². The van der Waals surface area contributed by atoms with E-state index in [9.17, 15) is 8.42 Å². The van der Waals surface area contributed by atoms with E-state index >= 15 is 0 Å². The van der Waals surface area contributed by atoms with Crippen molar-refractivity contribution in [3.8, 4) is 0 Å². The predicted molar refractivity (Wildman–Crippen MR) is 55.0 cm³/mol. The Kier molecular flexibility index (Phi) is 3.81. The Morgan fingerprint density at radius 2 is 2.20 bits per heavy atom. The number of aromatic nitrogens is 2. The van der Waals surface area contributed by atoms with Gasteiger partial charge in [-0.25, -0.2) is 8.42 Å². The lowest BCUT2D eigenvalue weighted by molar-refractivity contribution is 0.359. The van der Waals surface area contributed by atoms with Gasteiger partial charge in [-0.1, -0.05) is 5.16 Å². The fraction of sp³-hybridized carbons (Fsp3) is 0.750. The number of nitrogens with zero attached hydrogens (tertiary/aromatic N) is 2. The van der Waals surface area contributed by atoms with Crippen LogP contribution in [0, 0.1) is 6.92 Å². The summed E-state index contributed by atoms with van der Waals surface area (Å²) in [6.07, 6.45) is 1.21. The molecule has 6 nitrogen and oxygen atoms in total. The minimum Gasteiger partial charge on any atom is -0.338 e. The van der Waals surface area contributed by atoms with Crippen molar-refractivity contribution in [2.75, 3.05) is 12.0 Å². The number of sulfone groups is 1. The van der Waals surface area contributed by atoms with Crippen LogP contribution >= 0.6 is 0 Å². The molecule has 1 N–H and O–H groups in total. The lowest BCUT2D eigenvalue weighted by Crippen LogP contribution is -2.32. The van der Waals surface area contributed by atoms with Crippen LogP contribution in [0.15, 0.2) is 4.52 Å². The normalized spacial score (nSPS) is 14.1.